The van der Waals surface area contributed by atoms with E-state index in [-0.39, 0.29) is 6.10 Å². The van der Waals surface area contributed by atoms with Crippen LogP contribution in [0.15, 0.2) is 24.4 Å². The third kappa shape index (κ3) is 3.20. The second kappa shape index (κ2) is 5.85. The fourth-order valence-electron chi connectivity index (χ4n) is 2.36. The number of aliphatic hydroxyl groups is 1. The summed E-state index contributed by atoms with van der Waals surface area (Å²) in [4.78, 5) is 4.17. The van der Waals surface area contributed by atoms with Gasteiger partial charge in [-0.25, -0.2) is 4.98 Å². The molecule has 16 heavy (non-hydrogen) atoms. The number of aliphatic hydroxyl groups excluding tert-OH is 1. The molecule has 0 saturated heterocycles. The van der Waals surface area contributed by atoms with Gasteiger partial charge < -0.3 is 10.4 Å². The van der Waals surface area contributed by atoms with Gasteiger partial charge in [0.15, 0.2) is 0 Å². The summed E-state index contributed by atoms with van der Waals surface area (Å²) >= 11 is 0. The molecule has 1 aliphatic carbocycles. The molecule has 88 valence electrons. The molecule has 1 aromatic rings. The van der Waals surface area contributed by atoms with Crippen molar-refractivity contribution in [2.75, 3.05) is 11.9 Å². The van der Waals surface area contributed by atoms with E-state index in [0.717, 1.165) is 5.82 Å². The highest BCUT2D eigenvalue weighted by Gasteiger charge is 2.21. The van der Waals surface area contributed by atoms with Gasteiger partial charge in [-0.05, 0) is 30.9 Å². The van der Waals surface area contributed by atoms with Gasteiger partial charge in [-0.15, -0.1) is 0 Å². The fraction of sp³-hybridized carbons (Fsp3) is 0.615. The van der Waals surface area contributed by atoms with E-state index in [1.807, 2.05) is 18.2 Å². The zero-order chi connectivity index (χ0) is 11.2. The van der Waals surface area contributed by atoms with Crippen molar-refractivity contribution in [3.63, 3.8) is 0 Å². The van der Waals surface area contributed by atoms with Gasteiger partial charge in [0.1, 0.15) is 5.82 Å². The first-order valence-electron chi connectivity index (χ1n) is 6.19. The molecule has 1 fully saturated rings. The minimum atomic E-state index is -0.234. The van der Waals surface area contributed by atoms with E-state index in [9.17, 15) is 5.11 Å². The van der Waals surface area contributed by atoms with Crippen LogP contribution in [0.4, 0.5) is 5.82 Å². The molecule has 0 spiro atoms. The molecule has 1 aliphatic rings. The molecule has 3 nitrogen and oxygen atoms in total. The molecule has 0 bridgehead atoms. The third-order valence-electron chi connectivity index (χ3n) is 3.35. The van der Waals surface area contributed by atoms with Gasteiger partial charge in [0.25, 0.3) is 0 Å². The highest BCUT2D eigenvalue weighted by atomic mass is 16.3. The fourth-order valence-corrected chi connectivity index (χ4v) is 2.36. The highest BCUT2D eigenvalue weighted by Crippen LogP contribution is 2.26. The predicted octanol–water partition coefficient (Wildman–Crippen LogP) is 2.43. The summed E-state index contributed by atoms with van der Waals surface area (Å²) in [5.41, 5.74) is 0. The van der Waals surface area contributed by atoms with E-state index in [1.54, 1.807) is 6.20 Å². The molecular weight excluding hydrogens is 200 g/mol. The molecular formula is C13H20N2O. The van der Waals surface area contributed by atoms with E-state index in [2.05, 4.69) is 10.3 Å². The number of anilines is 1. The zero-order valence-electron chi connectivity index (χ0n) is 9.60. The predicted molar refractivity (Wildman–Crippen MR) is 65.3 cm³/mol. The third-order valence-corrected chi connectivity index (χ3v) is 3.35. The van der Waals surface area contributed by atoms with Gasteiger partial charge in [-0.1, -0.05) is 25.3 Å². The maximum Gasteiger partial charge on any atom is 0.125 e. The van der Waals surface area contributed by atoms with Crippen molar-refractivity contribution in [3.05, 3.63) is 24.4 Å². The van der Waals surface area contributed by atoms with Crippen molar-refractivity contribution in [1.29, 1.82) is 0 Å². The number of nitrogens with one attached hydrogen (secondary N) is 1. The van der Waals surface area contributed by atoms with Gasteiger partial charge in [0.05, 0.1) is 6.10 Å². The zero-order valence-corrected chi connectivity index (χ0v) is 9.60. The molecule has 2 N–H and O–H groups in total. The van der Waals surface area contributed by atoms with Gasteiger partial charge in [-0.3, -0.25) is 0 Å². The maximum absolute atomic E-state index is 10.0. The molecule has 1 saturated carbocycles. The number of nitrogens with zero attached hydrogens (tertiary/aromatic N) is 1. The largest absolute Gasteiger partial charge is 0.391 e. The Morgan fingerprint density at radius 3 is 2.81 bits per heavy atom. The first-order chi connectivity index (χ1) is 7.86. The minimum Gasteiger partial charge on any atom is -0.391 e. The molecule has 1 atom stereocenters. The van der Waals surface area contributed by atoms with Gasteiger partial charge >= 0.3 is 0 Å². The summed E-state index contributed by atoms with van der Waals surface area (Å²) in [6.07, 6.45) is 7.74. The van der Waals surface area contributed by atoms with Crippen LogP contribution in [0.25, 0.3) is 0 Å². The van der Waals surface area contributed by atoms with Crippen LogP contribution in [-0.4, -0.2) is 22.7 Å². The Kier molecular flexibility index (Phi) is 4.17. The average molecular weight is 220 g/mol. The molecule has 0 aromatic carbocycles. The maximum atomic E-state index is 10.0. The van der Waals surface area contributed by atoms with Crippen molar-refractivity contribution in [3.8, 4) is 0 Å². The van der Waals surface area contributed by atoms with Crippen molar-refractivity contribution in [2.45, 2.75) is 38.2 Å². The molecule has 1 unspecified atom stereocenters. The first-order valence-corrected chi connectivity index (χ1v) is 6.19. The van der Waals surface area contributed by atoms with E-state index in [4.69, 9.17) is 0 Å². The summed E-state index contributed by atoms with van der Waals surface area (Å²) < 4.78 is 0. The Balaban J connectivity index is 1.76. The molecule has 3 heteroatoms. The molecule has 1 aromatic heterocycles. The molecule has 0 aliphatic heterocycles. The number of hydrogen-bond acceptors (Lipinski definition) is 3. The lowest BCUT2D eigenvalue weighted by Crippen LogP contribution is -2.30. The number of aromatic nitrogens is 1. The minimum absolute atomic E-state index is 0.234. The second-order valence-electron chi connectivity index (χ2n) is 4.56. The summed E-state index contributed by atoms with van der Waals surface area (Å²) in [7, 11) is 0. The summed E-state index contributed by atoms with van der Waals surface area (Å²) in [6, 6.07) is 5.76. The number of hydrogen-bond donors (Lipinski definition) is 2. The van der Waals surface area contributed by atoms with E-state index < -0.39 is 0 Å². The molecule has 2 rings (SSSR count). The van der Waals surface area contributed by atoms with Crippen LogP contribution >= 0.6 is 0 Å². The lowest BCUT2D eigenvalue weighted by atomic mass is 9.85. The van der Waals surface area contributed by atoms with Gasteiger partial charge in [0.2, 0.25) is 0 Å². The van der Waals surface area contributed by atoms with Crippen LogP contribution in [0.1, 0.15) is 32.1 Å². The normalized spacial score (nSPS) is 19.3. The molecule has 0 amide bonds. The quantitative estimate of drug-likeness (QED) is 0.819. The Morgan fingerprint density at radius 2 is 2.12 bits per heavy atom. The first kappa shape index (κ1) is 11.4. The lowest BCUT2D eigenvalue weighted by molar-refractivity contribution is 0.0956. The van der Waals surface area contributed by atoms with Crippen LogP contribution < -0.4 is 5.32 Å². The van der Waals surface area contributed by atoms with Crippen LogP contribution in [-0.2, 0) is 0 Å². The smallest absolute Gasteiger partial charge is 0.125 e. The van der Waals surface area contributed by atoms with Crippen LogP contribution in [0, 0.1) is 5.92 Å². The van der Waals surface area contributed by atoms with Crippen LogP contribution in [0.2, 0.25) is 0 Å². The highest BCUT2D eigenvalue weighted by molar-refractivity contribution is 5.33. The summed E-state index contributed by atoms with van der Waals surface area (Å²) in [5.74, 6) is 1.32. The van der Waals surface area contributed by atoms with Gasteiger partial charge in [-0.2, -0.15) is 0 Å². The Labute approximate surface area is 96.9 Å². The van der Waals surface area contributed by atoms with Crippen molar-refractivity contribution in [2.24, 2.45) is 5.92 Å². The van der Waals surface area contributed by atoms with Crippen molar-refractivity contribution >= 4 is 5.82 Å². The van der Waals surface area contributed by atoms with Crippen LogP contribution in [0.3, 0.4) is 0 Å². The average Bonchev–Trinajstić information content (AvgIpc) is 2.38. The van der Waals surface area contributed by atoms with E-state index >= 15 is 0 Å². The number of pyridine rings is 1. The lowest BCUT2D eigenvalue weighted by Gasteiger charge is -2.26. The van der Waals surface area contributed by atoms with E-state index in [1.165, 1.54) is 32.1 Å². The van der Waals surface area contributed by atoms with Crippen molar-refractivity contribution < 1.29 is 5.11 Å². The molecule has 1 heterocycles. The van der Waals surface area contributed by atoms with Crippen molar-refractivity contribution in [1.82, 2.24) is 4.98 Å². The SMILES string of the molecule is OC(CNc1ccccn1)C1CCCCC1. The van der Waals surface area contributed by atoms with Gasteiger partial charge in [0, 0.05) is 12.7 Å². The monoisotopic (exact) mass is 220 g/mol. The Hall–Kier alpha value is -1.09. The Morgan fingerprint density at radius 1 is 1.31 bits per heavy atom. The second-order valence-corrected chi connectivity index (χ2v) is 4.56. The number of rotatable bonds is 4. The molecule has 0 radical (unpaired) electrons. The topological polar surface area (TPSA) is 45.1 Å². The standard InChI is InChI=1S/C13H20N2O/c16-12(11-6-2-1-3-7-11)10-15-13-8-4-5-9-14-13/h4-5,8-9,11-12,16H,1-3,6-7,10H2,(H,14,15). The van der Waals surface area contributed by atoms with Crippen LogP contribution in [0.5, 0.6) is 0 Å². The Bertz CT molecular complexity index is 296. The summed E-state index contributed by atoms with van der Waals surface area (Å²) in [6.45, 7) is 0.613. The van der Waals surface area contributed by atoms with E-state index in [0.29, 0.717) is 12.5 Å². The summed E-state index contributed by atoms with van der Waals surface area (Å²) in [5, 5.41) is 13.2.